The van der Waals surface area contributed by atoms with Gasteiger partial charge in [-0.05, 0) is 19.1 Å². The van der Waals surface area contributed by atoms with Crippen molar-refractivity contribution < 1.29 is 5.11 Å². The van der Waals surface area contributed by atoms with Crippen LogP contribution in [0.4, 0.5) is 0 Å². The van der Waals surface area contributed by atoms with Crippen LogP contribution in [0.3, 0.4) is 0 Å². The number of aliphatic hydroxyl groups is 1. The normalized spacial score (nSPS) is 17.9. The molecule has 1 aromatic heterocycles. The predicted octanol–water partition coefficient (Wildman–Crippen LogP) is 1.92. The van der Waals surface area contributed by atoms with E-state index in [0.717, 1.165) is 23.8 Å². The molecule has 0 aromatic carbocycles. The highest BCUT2D eigenvalue weighted by Crippen LogP contribution is 2.31. The Morgan fingerprint density at radius 2 is 2.33 bits per heavy atom. The Morgan fingerprint density at radius 1 is 1.47 bits per heavy atom. The quantitative estimate of drug-likeness (QED) is 0.697. The highest BCUT2D eigenvalue weighted by molar-refractivity contribution is 5.89. The highest BCUT2D eigenvalue weighted by atomic mass is 16.3. The fourth-order valence-electron chi connectivity index (χ4n) is 2.09. The lowest BCUT2D eigenvalue weighted by atomic mass is 10.1. The van der Waals surface area contributed by atoms with E-state index in [4.69, 9.17) is 0 Å². The monoisotopic (exact) mass is 201 g/mol. The van der Waals surface area contributed by atoms with Crippen LogP contribution in [-0.2, 0) is 6.54 Å². The second kappa shape index (κ2) is 2.82. The molecule has 76 valence electrons. The molecule has 0 amide bonds. The third-order valence-electron chi connectivity index (χ3n) is 2.80. The summed E-state index contributed by atoms with van der Waals surface area (Å²) in [5.41, 5.74) is 2.51. The van der Waals surface area contributed by atoms with E-state index in [0.29, 0.717) is 17.9 Å². The number of imidazole rings is 1. The molecule has 0 saturated carbocycles. The number of hydrogen-bond acceptors (Lipinski definition) is 3. The van der Waals surface area contributed by atoms with Crippen molar-refractivity contribution >= 4 is 18.0 Å². The number of rotatable bonds is 0. The summed E-state index contributed by atoms with van der Waals surface area (Å²) in [6.45, 7) is 2.76. The van der Waals surface area contributed by atoms with E-state index in [1.54, 1.807) is 6.21 Å². The summed E-state index contributed by atoms with van der Waals surface area (Å²) in [4.78, 5) is 8.70. The van der Waals surface area contributed by atoms with Crippen LogP contribution in [0.2, 0.25) is 0 Å². The van der Waals surface area contributed by atoms with Crippen molar-refractivity contribution in [3.63, 3.8) is 0 Å². The lowest BCUT2D eigenvalue weighted by Crippen LogP contribution is -2.12. The van der Waals surface area contributed by atoms with Crippen LogP contribution in [0, 0.1) is 6.92 Å². The molecule has 0 fully saturated rings. The van der Waals surface area contributed by atoms with Gasteiger partial charge in [0.1, 0.15) is 17.3 Å². The van der Waals surface area contributed by atoms with E-state index < -0.39 is 0 Å². The summed E-state index contributed by atoms with van der Waals surface area (Å²) in [6.07, 6.45) is 6.10. The number of hydrogen-bond donors (Lipinski definition) is 1. The molecule has 1 N–H and O–H groups in total. The SMILES string of the molecule is Cc1nc2c3n1CCC(O)=C3N=CC=C2. The van der Waals surface area contributed by atoms with Gasteiger partial charge in [0.25, 0.3) is 0 Å². The topological polar surface area (TPSA) is 50.4 Å². The van der Waals surface area contributed by atoms with Crippen LogP contribution < -0.4 is 0 Å². The van der Waals surface area contributed by atoms with E-state index in [-0.39, 0.29) is 0 Å². The van der Waals surface area contributed by atoms with Crippen molar-refractivity contribution in [3.8, 4) is 0 Å². The first-order chi connectivity index (χ1) is 7.27. The van der Waals surface area contributed by atoms with Gasteiger partial charge in [0.15, 0.2) is 0 Å². The standard InChI is InChI=1S/C11H11N3O/c1-7-13-8-3-2-5-12-10-9(15)4-6-14(7)11(8)10/h2-3,5,15H,4,6H2,1H3. The zero-order valence-corrected chi connectivity index (χ0v) is 8.44. The maximum Gasteiger partial charge on any atom is 0.126 e. The average Bonchev–Trinajstić information content (AvgIpc) is 2.43. The van der Waals surface area contributed by atoms with E-state index >= 15 is 0 Å². The van der Waals surface area contributed by atoms with Crippen LogP contribution >= 0.6 is 0 Å². The summed E-state index contributed by atoms with van der Waals surface area (Å²) >= 11 is 0. The molecule has 0 saturated heterocycles. The van der Waals surface area contributed by atoms with Gasteiger partial charge in [-0.3, -0.25) is 4.99 Å². The molecule has 15 heavy (non-hydrogen) atoms. The molecule has 0 radical (unpaired) electrons. The van der Waals surface area contributed by atoms with Gasteiger partial charge in [-0.15, -0.1) is 0 Å². The number of aromatic nitrogens is 2. The van der Waals surface area contributed by atoms with E-state index in [1.807, 2.05) is 19.1 Å². The molecule has 0 atom stereocenters. The van der Waals surface area contributed by atoms with Gasteiger partial charge in [-0.1, -0.05) is 0 Å². The van der Waals surface area contributed by atoms with Gasteiger partial charge >= 0.3 is 0 Å². The summed E-state index contributed by atoms with van der Waals surface area (Å²) in [5.74, 6) is 1.34. The van der Waals surface area contributed by atoms with Gasteiger partial charge in [-0.25, -0.2) is 4.98 Å². The van der Waals surface area contributed by atoms with E-state index in [1.165, 1.54) is 0 Å². The zero-order valence-electron chi connectivity index (χ0n) is 8.44. The largest absolute Gasteiger partial charge is 0.510 e. The summed E-state index contributed by atoms with van der Waals surface area (Å²) < 4.78 is 2.11. The number of nitrogens with zero attached hydrogens (tertiary/aromatic N) is 3. The molecule has 1 aromatic rings. The Balaban J connectivity index is 2.37. The van der Waals surface area contributed by atoms with Gasteiger partial charge in [-0.2, -0.15) is 0 Å². The molecule has 3 rings (SSSR count). The lowest BCUT2D eigenvalue weighted by molar-refractivity contribution is 0.371. The molecule has 2 aliphatic heterocycles. The van der Waals surface area contributed by atoms with Crippen LogP contribution in [0.1, 0.15) is 23.6 Å². The molecule has 3 heterocycles. The van der Waals surface area contributed by atoms with Gasteiger partial charge < -0.3 is 9.67 Å². The van der Waals surface area contributed by atoms with Gasteiger partial charge in [0.05, 0.1) is 11.4 Å². The first kappa shape index (κ1) is 8.47. The van der Waals surface area contributed by atoms with Crippen molar-refractivity contribution in [2.24, 2.45) is 4.99 Å². The Morgan fingerprint density at radius 3 is 3.20 bits per heavy atom. The first-order valence-corrected chi connectivity index (χ1v) is 4.97. The Labute approximate surface area is 87.3 Å². The van der Waals surface area contributed by atoms with E-state index in [2.05, 4.69) is 14.5 Å². The van der Waals surface area contributed by atoms with Crippen molar-refractivity contribution in [1.82, 2.24) is 9.55 Å². The number of aryl methyl sites for hydroxylation is 1. The minimum atomic E-state index is 0.364. The molecule has 2 aliphatic rings. The zero-order chi connectivity index (χ0) is 10.4. The minimum Gasteiger partial charge on any atom is -0.510 e. The maximum atomic E-state index is 9.81. The molecule has 4 heteroatoms. The summed E-state index contributed by atoms with van der Waals surface area (Å²) in [6, 6.07) is 0. The van der Waals surface area contributed by atoms with Crippen molar-refractivity contribution in [1.29, 1.82) is 0 Å². The third kappa shape index (κ3) is 1.08. The average molecular weight is 201 g/mol. The Hall–Kier alpha value is -1.84. The van der Waals surface area contributed by atoms with Crippen LogP contribution in [0.5, 0.6) is 0 Å². The molecule has 4 nitrogen and oxygen atoms in total. The Kier molecular flexibility index (Phi) is 1.59. The second-order valence-electron chi connectivity index (χ2n) is 3.73. The van der Waals surface area contributed by atoms with Crippen LogP contribution in [-0.4, -0.2) is 20.9 Å². The van der Waals surface area contributed by atoms with Crippen molar-refractivity contribution in [3.05, 3.63) is 29.0 Å². The fraction of sp³-hybridized carbons (Fsp3) is 0.273. The predicted molar refractivity (Wildman–Crippen MR) is 58.7 cm³/mol. The number of allylic oxidation sites excluding steroid dienone is 2. The van der Waals surface area contributed by atoms with Gasteiger partial charge in [0, 0.05) is 19.2 Å². The molecular formula is C11H11N3O. The molecular weight excluding hydrogens is 190 g/mol. The van der Waals surface area contributed by atoms with Crippen molar-refractivity contribution in [2.75, 3.05) is 0 Å². The molecule has 0 bridgehead atoms. The van der Waals surface area contributed by atoms with Crippen molar-refractivity contribution in [2.45, 2.75) is 19.9 Å². The summed E-state index contributed by atoms with van der Waals surface area (Å²) in [5, 5.41) is 9.81. The Bertz CT molecular complexity index is 520. The molecule has 0 unspecified atom stereocenters. The summed E-state index contributed by atoms with van der Waals surface area (Å²) in [7, 11) is 0. The van der Waals surface area contributed by atoms with Crippen LogP contribution in [0.25, 0.3) is 11.8 Å². The first-order valence-electron chi connectivity index (χ1n) is 4.97. The second-order valence-corrected chi connectivity index (χ2v) is 3.73. The third-order valence-corrected chi connectivity index (χ3v) is 2.80. The highest BCUT2D eigenvalue weighted by Gasteiger charge is 2.24. The van der Waals surface area contributed by atoms with Crippen LogP contribution in [0.15, 0.2) is 16.8 Å². The number of aliphatic imine (C=N–C) groups is 1. The minimum absolute atomic E-state index is 0.364. The fourth-order valence-corrected chi connectivity index (χ4v) is 2.09. The van der Waals surface area contributed by atoms with Gasteiger partial charge in [0.2, 0.25) is 0 Å². The molecule has 0 aliphatic carbocycles. The number of aliphatic hydroxyl groups excluding tert-OH is 1. The maximum absolute atomic E-state index is 9.81. The van der Waals surface area contributed by atoms with E-state index in [9.17, 15) is 5.11 Å². The lowest BCUT2D eigenvalue weighted by Gasteiger charge is -2.17. The smallest absolute Gasteiger partial charge is 0.126 e. The molecule has 0 spiro atoms.